The largest absolute Gasteiger partial charge is 0.511 e. The molecule has 1 rings (SSSR count). The first-order chi connectivity index (χ1) is 9.67. The van der Waals surface area contributed by atoms with Crippen LogP contribution in [0, 0.1) is 0 Å². The Morgan fingerprint density at radius 1 is 0.682 bits per heavy atom. The van der Waals surface area contributed by atoms with Crippen molar-refractivity contribution in [1.82, 2.24) is 9.44 Å². The van der Waals surface area contributed by atoms with Crippen molar-refractivity contribution in [2.75, 3.05) is 0 Å². The first kappa shape index (κ1) is 19.4. The summed E-state index contributed by atoms with van der Waals surface area (Å²) in [5.41, 5.74) is -11.3. The Kier molecular flexibility index (Phi) is 5.42. The zero-order valence-corrected chi connectivity index (χ0v) is 12.3. The van der Waals surface area contributed by atoms with Crippen molar-refractivity contribution in [3.8, 4) is 0 Å². The topological polar surface area (TPSA) is 92.3 Å². The van der Waals surface area contributed by atoms with Crippen molar-refractivity contribution < 1.29 is 43.2 Å². The SMILES string of the molecule is O=S(=O)(N[C@@H]1CCCC[C@H]1NS(=O)(=O)C(F)(F)F)C(F)(F)F. The summed E-state index contributed by atoms with van der Waals surface area (Å²) >= 11 is 0. The van der Waals surface area contributed by atoms with E-state index >= 15 is 0 Å². The fraction of sp³-hybridized carbons (Fsp3) is 1.00. The second kappa shape index (κ2) is 6.13. The number of hydrogen-bond acceptors (Lipinski definition) is 4. The van der Waals surface area contributed by atoms with Crippen LogP contribution in [0.1, 0.15) is 25.7 Å². The Morgan fingerprint density at radius 2 is 0.955 bits per heavy atom. The summed E-state index contributed by atoms with van der Waals surface area (Å²) in [7, 11) is -11.6. The molecule has 1 aliphatic carbocycles. The number of halogens is 6. The third kappa shape index (κ3) is 4.45. The van der Waals surface area contributed by atoms with E-state index in [-0.39, 0.29) is 25.7 Å². The third-order valence-corrected chi connectivity index (χ3v) is 5.43. The van der Waals surface area contributed by atoms with Crippen LogP contribution in [0.3, 0.4) is 0 Å². The molecule has 0 spiro atoms. The van der Waals surface area contributed by atoms with Gasteiger partial charge in [0.15, 0.2) is 0 Å². The van der Waals surface area contributed by atoms with E-state index in [9.17, 15) is 43.2 Å². The van der Waals surface area contributed by atoms with Crippen molar-refractivity contribution in [2.45, 2.75) is 48.8 Å². The van der Waals surface area contributed by atoms with Gasteiger partial charge in [0.25, 0.3) is 0 Å². The van der Waals surface area contributed by atoms with Crippen molar-refractivity contribution in [2.24, 2.45) is 0 Å². The van der Waals surface area contributed by atoms with Gasteiger partial charge in [-0.3, -0.25) is 0 Å². The summed E-state index contributed by atoms with van der Waals surface area (Å²) in [5, 5.41) is 0. The van der Waals surface area contributed by atoms with Crippen LogP contribution >= 0.6 is 0 Å². The minimum Gasteiger partial charge on any atom is -0.203 e. The Balaban J connectivity index is 2.95. The lowest BCUT2D eigenvalue weighted by Gasteiger charge is -2.32. The highest BCUT2D eigenvalue weighted by molar-refractivity contribution is 7.90. The highest BCUT2D eigenvalue weighted by Gasteiger charge is 2.50. The lowest BCUT2D eigenvalue weighted by Crippen LogP contribution is -2.56. The number of alkyl halides is 6. The predicted octanol–water partition coefficient (Wildman–Crippen LogP) is 1.18. The number of nitrogens with one attached hydrogen (secondary N) is 2. The Bertz CT molecular complexity index is 543. The molecular formula is C8H12F6N2O4S2. The first-order valence-corrected chi connectivity index (χ1v) is 8.81. The van der Waals surface area contributed by atoms with E-state index in [0.29, 0.717) is 0 Å². The van der Waals surface area contributed by atoms with Crippen LogP contribution in [0.25, 0.3) is 0 Å². The number of hydrogen-bond donors (Lipinski definition) is 2. The molecule has 0 aromatic heterocycles. The smallest absolute Gasteiger partial charge is 0.203 e. The van der Waals surface area contributed by atoms with E-state index in [1.807, 2.05) is 0 Å². The first-order valence-electron chi connectivity index (χ1n) is 5.84. The predicted molar refractivity (Wildman–Crippen MR) is 62.3 cm³/mol. The Labute approximate surface area is 122 Å². The molecule has 0 bridgehead atoms. The van der Waals surface area contributed by atoms with Crippen LogP contribution in [-0.4, -0.2) is 39.9 Å². The molecule has 0 heterocycles. The van der Waals surface area contributed by atoms with E-state index in [1.165, 1.54) is 9.44 Å². The van der Waals surface area contributed by atoms with Gasteiger partial charge in [0.2, 0.25) is 0 Å². The molecule has 1 saturated carbocycles. The van der Waals surface area contributed by atoms with Gasteiger partial charge in [-0.2, -0.15) is 26.3 Å². The lowest BCUT2D eigenvalue weighted by atomic mass is 9.92. The van der Waals surface area contributed by atoms with Crippen molar-refractivity contribution in [1.29, 1.82) is 0 Å². The van der Waals surface area contributed by atoms with Gasteiger partial charge in [-0.05, 0) is 12.8 Å². The van der Waals surface area contributed by atoms with Gasteiger partial charge in [0, 0.05) is 12.1 Å². The van der Waals surface area contributed by atoms with Gasteiger partial charge >= 0.3 is 31.1 Å². The van der Waals surface area contributed by atoms with Crippen LogP contribution in [0.2, 0.25) is 0 Å². The molecule has 14 heteroatoms. The van der Waals surface area contributed by atoms with Gasteiger partial charge in [0.05, 0.1) is 0 Å². The molecule has 0 amide bonds. The molecule has 0 aromatic carbocycles. The normalized spacial score (nSPS) is 25.2. The lowest BCUT2D eigenvalue weighted by molar-refractivity contribution is -0.0467. The zero-order valence-electron chi connectivity index (χ0n) is 10.7. The van der Waals surface area contributed by atoms with Crippen molar-refractivity contribution in [3.05, 3.63) is 0 Å². The highest BCUT2D eigenvalue weighted by Crippen LogP contribution is 2.28. The molecule has 2 atom stereocenters. The minimum atomic E-state index is -5.79. The Morgan fingerprint density at radius 3 is 1.18 bits per heavy atom. The van der Waals surface area contributed by atoms with Gasteiger partial charge in [0.1, 0.15) is 0 Å². The summed E-state index contributed by atoms with van der Waals surface area (Å²) in [5.74, 6) is 0. The second-order valence-corrected chi connectivity index (χ2v) is 8.04. The van der Waals surface area contributed by atoms with Crippen LogP contribution in [0.4, 0.5) is 26.3 Å². The number of rotatable bonds is 4. The van der Waals surface area contributed by atoms with Gasteiger partial charge in [-0.25, -0.2) is 26.3 Å². The molecule has 0 unspecified atom stereocenters. The van der Waals surface area contributed by atoms with E-state index in [4.69, 9.17) is 0 Å². The standard InChI is InChI=1S/C8H12F6N2O4S2/c9-7(10,11)21(17,18)15-5-3-1-2-4-6(5)16-22(19,20)8(12,13)14/h5-6,15-16H,1-4H2/t5-,6-/m1/s1. The maximum atomic E-state index is 12.3. The molecule has 0 radical (unpaired) electrons. The molecule has 2 N–H and O–H groups in total. The van der Waals surface area contributed by atoms with E-state index in [1.54, 1.807) is 0 Å². The molecule has 1 fully saturated rings. The molecule has 0 aliphatic heterocycles. The maximum absolute atomic E-state index is 12.3. The molecule has 6 nitrogen and oxygen atoms in total. The van der Waals surface area contributed by atoms with E-state index in [2.05, 4.69) is 0 Å². The molecule has 0 saturated heterocycles. The minimum absolute atomic E-state index is 0.222. The van der Waals surface area contributed by atoms with Crippen molar-refractivity contribution in [3.63, 3.8) is 0 Å². The fourth-order valence-corrected chi connectivity index (χ4v) is 3.57. The average Bonchev–Trinajstić information content (AvgIpc) is 2.28. The monoisotopic (exact) mass is 378 g/mol. The second-order valence-electron chi connectivity index (χ2n) is 4.63. The average molecular weight is 378 g/mol. The van der Waals surface area contributed by atoms with Crippen LogP contribution < -0.4 is 9.44 Å². The summed E-state index contributed by atoms with van der Waals surface area (Å²) in [6, 6.07) is -3.23. The number of sulfonamides is 2. The van der Waals surface area contributed by atoms with E-state index < -0.39 is 43.1 Å². The van der Waals surface area contributed by atoms with Crippen LogP contribution in [-0.2, 0) is 20.0 Å². The van der Waals surface area contributed by atoms with Gasteiger partial charge in [-0.1, -0.05) is 12.8 Å². The summed E-state index contributed by atoms with van der Waals surface area (Å²) in [4.78, 5) is 0. The van der Waals surface area contributed by atoms with Crippen LogP contribution in [0.5, 0.6) is 0 Å². The Hall–Kier alpha value is -0.600. The van der Waals surface area contributed by atoms with Gasteiger partial charge in [-0.15, -0.1) is 0 Å². The molecule has 132 valence electrons. The fourth-order valence-electron chi connectivity index (χ4n) is 1.95. The molecule has 1 aliphatic rings. The summed E-state index contributed by atoms with van der Waals surface area (Å²) in [6.45, 7) is 0. The molecular weight excluding hydrogens is 366 g/mol. The quantitative estimate of drug-likeness (QED) is 0.719. The third-order valence-electron chi connectivity index (χ3n) is 2.99. The highest BCUT2D eigenvalue weighted by atomic mass is 32.2. The summed E-state index contributed by atoms with van der Waals surface area (Å²) in [6.07, 6.45) is 0.0469. The van der Waals surface area contributed by atoms with Crippen LogP contribution in [0.15, 0.2) is 0 Å². The van der Waals surface area contributed by atoms with Gasteiger partial charge < -0.3 is 0 Å². The molecule has 0 aromatic rings. The summed E-state index contributed by atoms with van der Waals surface area (Å²) < 4.78 is 120. The van der Waals surface area contributed by atoms with E-state index in [0.717, 1.165) is 0 Å². The molecule has 22 heavy (non-hydrogen) atoms. The maximum Gasteiger partial charge on any atom is 0.511 e. The van der Waals surface area contributed by atoms with Crippen molar-refractivity contribution >= 4 is 20.0 Å². The zero-order chi connectivity index (χ0) is 17.4.